The molecule has 1 aliphatic heterocycles. The molecule has 1 aliphatic rings. The summed E-state index contributed by atoms with van der Waals surface area (Å²) in [5.74, 6) is -3.38. The Labute approximate surface area is 150 Å². The summed E-state index contributed by atoms with van der Waals surface area (Å²) >= 11 is 0. The third-order valence-corrected chi connectivity index (χ3v) is 4.29. The quantitative estimate of drug-likeness (QED) is 0.501. The first-order valence-electron chi connectivity index (χ1n) is 8.02. The van der Waals surface area contributed by atoms with Gasteiger partial charge in [-0.15, -0.1) is 0 Å². The second-order valence-corrected chi connectivity index (χ2v) is 6.10. The Bertz CT molecular complexity index is 900. The van der Waals surface area contributed by atoms with Crippen LogP contribution in [0.2, 0.25) is 0 Å². The number of carboxylic acids is 1. The van der Waals surface area contributed by atoms with Crippen molar-refractivity contribution in [3.05, 3.63) is 76.9 Å². The molecular formula is C20H17NO5. The van der Waals surface area contributed by atoms with Gasteiger partial charge in [0.1, 0.15) is 12.3 Å². The molecule has 2 aromatic rings. The van der Waals surface area contributed by atoms with Crippen LogP contribution in [-0.2, 0) is 14.4 Å². The van der Waals surface area contributed by atoms with Crippen LogP contribution in [0.4, 0.5) is 0 Å². The van der Waals surface area contributed by atoms with Crippen LogP contribution in [0.25, 0.3) is 5.76 Å². The van der Waals surface area contributed by atoms with Crippen molar-refractivity contribution in [1.29, 1.82) is 0 Å². The number of likely N-dealkylation sites (tertiary alicyclic amines) is 1. The molecule has 0 saturated carbocycles. The zero-order valence-electron chi connectivity index (χ0n) is 14.0. The molecule has 6 heteroatoms. The molecule has 1 heterocycles. The molecule has 2 aromatic carbocycles. The van der Waals surface area contributed by atoms with Crippen molar-refractivity contribution in [2.75, 3.05) is 6.54 Å². The van der Waals surface area contributed by atoms with Crippen LogP contribution in [0.15, 0.2) is 60.2 Å². The lowest BCUT2D eigenvalue weighted by atomic mass is 9.95. The molecule has 3 rings (SSSR count). The van der Waals surface area contributed by atoms with Crippen molar-refractivity contribution in [3.8, 4) is 0 Å². The Morgan fingerprint density at radius 2 is 1.62 bits per heavy atom. The summed E-state index contributed by atoms with van der Waals surface area (Å²) in [7, 11) is 0. The number of carbonyl (C=O) groups is 3. The number of nitrogens with zero attached hydrogens (tertiary/aromatic N) is 1. The van der Waals surface area contributed by atoms with Crippen molar-refractivity contribution in [2.24, 2.45) is 0 Å². The highest BCUT2D eigenvalue weighted by molar-refractivity contribution is 6.46. The number of ketones is 1. The monoisotopic (exact) mass is 351 g/mol. The van der Waals surface area contributed by atoms with E-state index >= 15 is 0 Å². The third kappa shape index (κ3) is 3.09. The standard InChI is InChI=1S/C20H17NO5/c1-12-7-9-13(10-8-12)17-16(18(24)14-5-3-2-4-6-14)19(25)20(26)21(17)11-15(22)23/h2-10,17,24H,11H2,1H3,(H,22,23)/b18-16+/t17-/m1/s1. The minimum absolute atomic E-state index is 0.105. The second-order valence-electron chi connectivity index (χ2n) is 6.10. The maximum Gasteiger partial charge on any atom is 0.323 e. The van der Waals surface area contributed by atoms with E-state index in [-0.39, 0.29) is 11.3 Å². The average molecular weight is 351 g/mol. The van der Waals surface area contributed by atoms with Crippen LogP contribution in [0.5, 0.6) is 0 Å². The number of hydrogen-bond donors (Lipinski definition) is 2. The van der Waals surface area contributed by atoms with Crippen molar-refractivity contribution < 1.29 is 24.6 Å². The van der Waals surface area contributed by atoms with Gasteiger partial charge < -0.3 is 15.1 Å². The maximum atomic E-state index is 12.6. The number of rotatable bonds is 4. The fraction of sp³-hybridized carbons (Fsp3) is 0.150. The number of amides is 1. The molecule has 1 amide bonds. The Morgan fingerprint density at radius 1 is 1.00 bits per heavy atom. The summed E-state index contributed by atoms with van der Waals surface area (Å²) < 4.78 is 0. The summed E-state index contributed by atoms with van der Waals surface area (Å²) in [4.78, 5) is 37.1. The van der Waals surface area contributed by atoms with Crippen molar-refractivity contribution in [3.63, 3.8) is 0 Å². The summed E-state index contributed by atoms with van der Waals surface area (Å²) in [6.07, 6.45) is 0. The number of carboxylic acid groups (broad SMARTS) is 1. The number of aliphatic hydroxyl groups excluding tert-OH is 1. The maximum absolute atomic E-state index is 12.6. The summed E-state index contributed by atoms with van der Waals surface area (Å²) in [6, 6.07) is 14.5. The molecule has 1 atom stereocenters. The van der Waals surface area contributed by atoms with Crippen LogP contribution in [-0.4, -0.2) is 39.3 Å². The van der Waals surface area contributed by atoms with Gasteiger partial charge in [0.05, 0.1) is 11.6 Å². The fourth-order valence-electron chi connectivity index (χ4n) is 3.04. The molecule has 6 nitrogen and oxygen atoms in total. The van der Waals surface area contributed by atoms with E-state index in [1.807, 2.05) is 6.92 Å². The smallest absolute Gasteiger partial charge is 0.323 e. The molecule has 1 fully saturated rings. The van der Waals surface area contributed by atoms with E-state index in [1.54, 1.807) is 54.6 Å². The van der Waals surface area contributed by atoms with Crippen LogP contribution < -0.4 is 0 Å². The van der Waals surface area contributed by atoms with E-state index in [0.29, 0.717) is 11.1 Å². The molecule has 132 valence electrons. The highest BCUT2D eigenvalue weighted by atomic mass is 16.4. The Kier molecular flexibility index (Phi) is 4.58. The minimum Gasteiger partial charge on any atom is -0.507 e. The summed E-state index contributed by atoms with van der Waals surface area (Å²) in [6.45, 7) is 1.26. The van der Waals surface area contributed by atoms with Gasteiger partial charge in [-0.05, 0) is 12.5 Å². The van der Waals surface area contributed by atoms with Crippen LogP contribution in [0.3, 0.4) is 0 Å². The molecule has 0 bridgehead atoms. The van der Waals surface area contributed by atoms with Gasteiger partial charge in [0, 0.05) is 5.56 Å². The predicted molar refractivity (Wildman–Crippen MR) is 94.3 cm³/mol. The lowest BCUT2D eigenvalue weighted by Gasteiger charge is -2.23. The number of aliphatic hydroxyl groups is 1. The fourth-order valence-corrected chi connectivity index (χ4v) is 3.04. The van der Waals surface area contributed by atoms with Crippen molar-refractivity contribution >= 4 is 23.4 Å². The molecule has 2 N–H and O–H groups in total. The van der Waals surface area contributed by atoms with Gasteiger partial charge in [-0.2, -0.15) is 0 Å². The minimum atomic E-state index is -1.23. The van der Waals surface area contributed by atoms with E-state index in [9.17, 15) is 19.5 Å². The molecular weight excluding hydrogens is 334 g/mol. The Balaban J connectivity index is 2.19. The van der Waals surface area contributed by atoms with Crippen molar-refractivity contribution in [2.45, 2.75) is 13.0 Å². The van der Waals surface area contributed by atoms with E-state index in [4.69, 9.17) is 5.11 Å². The van der Waals surface area contributed by atoms with Crippen LogP contribution >= 0.6 is 0 Å². The second kappa shape index (κ2) is 6.84. The lowest BCUT2D eigenvalue weighted by molar-refractivity contribution is -0.146. The number of aryl methyl sites for hydroxylation is 1. The highest BCUT2D eigenvalue weighted by Crippen LogP contribution is 2.39. The van der Waals surface area contributed by atoms with Gasteiger partial charge in [-0.1, -0.05) is 60.2 Å². The van der Waals surface area contributed by atoms with Gasteiger partial charge in [0.25, 0.3) is 11.7 Å². The summed E-state index contributed by atoms with van der Waals surface area (Å²) in [5.41, 5.74) is 1.82. The zero-order valence-corrected chi connectivity index (χ0v) is 14.0. The van der Waals surface area contributed by atoms with Gasteiger partial charge >= 0.3 is 5.97 Å². The molecule has 0 unspecified atom stereocenters. The SMILES string of the molecule is Cc1ccc([C@@H]2/C(=C(\O)c3ccccc3)C(=O)C(=O)N2CC(=O)O)cc1. The first-order valence-corrected chi connectivity index (χ1v) is 8.02. The highest BCUT2D eigenvalue weighted by Gasteiger charge is 2.46. The molecule has 0 aromatic heterocycles. The van der Waals surface area contributed by atoms with Gasteiger partial charge in [-0.25, -0.2) is 0 Å². The average Bonchev–Trinajstić information content (AvgIpc) is 2.87. The molecule has 0 spiro atoms. The van der Waals surface area contributed by atoms with Crippen LogP contribution in [0, 0.1) is 6.92 Å². The van der Waals surface area contributed by atoms with Crippen molar-refractivity contribution in [1.82, 2.24) is 4.90 Å². The first-order chi connectivity index (χ1) is 12.4. The number of benzene rings is 2. The van der Waals surface area contributed by atoms with E-state index in [0.717, 1.165) is 10.5 Å². The molecule has 1 saturated heterocycles. The number of aliphatic carboxylic acids is 1. The van der Waals surface area contributed by atoms with Gasteiger partial charge in [-0.3, -0.25) is 14.4 Å². The normalized spacial score (nSPS) is 19.0. The number of hydrogen-bond acceptors (Lipinski definition) is 4. The first kappa shape index (κ1) is 17.4. The molecule has 0 aliphatic carbocycles. The molecule has 26 heavy (non-hydrogen) atoms. The predicted octanol–water partition coefficient (Wildman–Crippen LogP) is 2.50. The van der Waals surface area contributed by atoms with E-state index in [1.165, 1.54) is 0 Å². The largest absolute Gasteiger partial charge is 0.507 e. The Hall–Kier alpha value is -3.41. The van der Waals surface area contributed by atoms with E-state index < -0.39 is 30.2 Å². The Morgan fingerprint density at radius 3 is 2.19 bits per heavy atom. The van der Waals surface area contributed by atoms with E-state index in [2.05, 4.69) is 0 Å². The molecule has 0 radical (unpaired) electrons. The van der Waals surface area contributed by atoms with Crippen LogP contribution in [0.1, 0.15) is 22.7 Å². The van der Waals surface area contributed by atoms with Gasteiger partial charge in [0.2, 0.25) is 0 Å². The number of carbonyl (C=O) groups excluding carboxylic acids is 2. The lowest BCUT2D eigenvalue weighted by Crippen LogP contribution is -2.34. The zero-order chi connectivity index (χ0) is 18.8. The topological polar surface area (TPSA) is 94.9 Å². The number of Topliss-reactive ketones (excluding diaryl/α,β-unsaturated/α-hetero) is 1. The summed E-state index contributed by atoms with van der Waals surface area (Å²) in [5, 5.41) is 19.8. The van der Waals surface area contributed by atoms with Gasteiger partial charge in [0.15, 0.2) is 0 Å². The third-order valence-electron chi connectivity index (χ3n) is 4.29.